The molecule has 2 saturated heterocycles. The van der Waals surface area contributed by atoms with Crippen molar-refractivity contribution in [2.24, 2.45) is 11.8 Å². The monoisotopic (exact) mass is 762 g/mol. The van der Waals surface area contributed by atoms with Gasteiger partial charge in [0.25, 0.3) is 0 Å². The van der Waals surface area contributed by atoms with Crippen LogP contribution in [0.5, 0.6) is 0 Å². The second kappa shape index (κ2) is 15.2. The fraction of sp³-hybridized carbons (Fsp3) is 0.409. The Morgan fingerprint density at radius 3 is 1.22 bits per heavy atom. The molecule has 0 unspecified atom stereocenters. The minimum Gasteiger partial charge on any atom is -0.387 e. The SMILES string of the molecule is O[C@@H](c1c(C2CC2)ccc2cncn12)C1CCN(c2ccc(Cl)cc2)CC1.O[C@H](c1c(C2CC2)ccc2cncn12)C1CCN(c2ccc(Cl)cc2)CC1. The molecule has 6 aromatic rings. The Bertz CT molecular complexity index is 2040. The molecular formula is C44H48Cl2N6O2. The molecule has 0 bridgehead atoms. The summed E-state index contributed by atoms with van der Waals surface area (Å²) in [6.07, 6.45) is 15.4. The zero-order valence-corrected chi connectivity index (χ0v) is 32.0. The van der Waals surface area contributed by atoms with Gasteiger partial charge in [-0.25, -0.2) is 9.97 Å². The van der Waals surface area contributed by atoms with Crippen LogP contribution in [0.15, 0.2) is 97.8 Å². The van der Waals surface area contributed by atoms with Crippen molar-refractivity contribution in [3.8, 4) is 0 Å². The Morgan fingerprint density at radius 2 is 0.870 bits per heavy atom. The molecule has 4 aromatic heterocycles. The third kappa shape index (κ3) is 7.34. The molecule has 2 aliphatic carbocycles. The first kappa shape index (κ1) is 35.6. The van der Waals surface area contributed by atoms with Crippen molar-refractivity contribution in [3.05, 3.63) is 130 Å². The van der Waals surface area contributed by atoms with Gasteiger partial charge in [0.15, 0.2) is 0 Å². The molecule has 6 heterocycles. The molecule has 10 heteroatoms. The number of rotatable bonds is 8. The second-order valence-corrected chi connectivity index (χ2v) is 16.6. The Balaban J connectivity index is 0.000000142. The fourth-order valence-electron chi connectivity index (χ4n) is 8.86. The molecule has 4 aliphatic rings. The molecule has 0 radical (unpaired) electrons. The zero-order chi connectivity index (χ0) is 36.8. The maximum absolute atomic E-state index is 11.3. The number of aliphatic hydroxyl groups is 2. The van der Waals surface area contributed by atoms with Crippen LogP contribution in [-0.2, 0) is 0 Å². The lowest BCUT2D eigenvalue weighted by Gasteiger charge is -2.36. The molecule has 10 rings (SSSR count). The molecule has 0 spiro atoms. The van der Waals surface area contributed by atoms with Crippen LogP contribution in [0.1, 0.15) is 97.9 Å². The van der Waals surface area contributed by atoms with E-state index in [0.717, 1.165) is 84.3 Å². The number of imidazole rings is 2. The van der Waals surface area contributed by atoms with E-state index in [1.807, 2.05) is 49.3 Å². The number of aliphatic hydroxyl groups excluding tert-OH is 2. The van der Waals surface area contributed by atoms with E-state index in [0.29, 0.717) is 11.8 Å². The van der Waals surface area contributed by atoms with Gasteiger partial charge in [-0.05, 0) is 147 Å². The van der Waals surface area contributed by atoms with Gasteiger partial charge in [-0.1, -0.05) is 35.3 Å². The Hall–Kier alpha value is -4.08. The van der Waals surface area contributed by atoms with Crippen LogP contribution >= 0.6 is 23.2 Å². The van der Waals surface area contributed by atoms with E-state index in [-0.39, 0.29) is 11.8 Å². The molecule has 2 N–H and O–H groups in total. The summed E-state index contributed by atoms with van der Waals surface area (Å²) in [5.41, 5.74) is 9.31. The maximum atomic E-state index is 11.3. The number of hydrogen-bond donors (Lipinski definition) is 2. The Kier molecular flexibility index (Phi) is 10.0. The normalized spacial score (nSPS) is 19.6. The quantitative estimate of drug-likeness (QED) is 0.161. The predicted molar refractivity (Wildman–Crippen MR) is 217 cm³/mol. The number of anilines is 2. The molecule has 0 amide bonds. The zero-order valence-electron chi connectivity index (χ0n) is 30.5. The summed E-state index contributed by atoms with van der Waals surface area (Å²) in [5.74, 6) is 1.77. The van der Waals surface area contributed by atoms with E-state index in [2.05, 4.69) is 77.1 Å². The minimum atomic E-state index is -0.439. The van der Waals surface area contributed by atoms with Crippen LogP contribution in [0.2, 0.25) is 10.0 Å². The fourth-order valence-corrected chi connectivity index (χ4v) is 9.11. The van der Waals surface area contributed by atoms with Gasteiger partial charge in [-0.3, -0.25) is 0 Å². The number of pyridine rings is 2. The minimum absolute atomic E-state index is 0.277. The van der Waals surface area contributed by atoms with Crippen molar-refractivity contribution in [2.75, 3.05) is 36.0 Å². The lowest BCUT2D eigenvalue weighted by molar-refractivity contribution is 0.0870. The summed E-state index contributed by atoms with van der Waals surface area (Å²) in [7, 11) is 0. The summed E-state index contributed by atoms with van der Waals surface area (Å²) in [6, 6.07) is 24.8. The van der Waals surface area contributed by atoms with Crippen molar-refractivity contribution in [3.63, 3.8) is 0 Å². The van der Waals surface area contributed by atoms with Gasteiger partial charge in [0.1, 0.15) is 0 Å². The Labute approximate surface area is 327 Å². The molecule has 2 aromatic carbocycles. The summed E-state index contributed by atoms with van der Waals surface area (Å²) >= 11 is 12.0. The summed E-state index contributed by atoms with van der Waals surface area (Å²) in [5, 5.41) is 24.2. The van der Waals surface area contributed by atoms with Gasteiger partial charge in [-0.15, -0.1) is 0 Å². The highest BCUT2D eigenvalue weighted by Crippen LogP contribution is 2.46. The average Bonchev–Trinajstić information content (AvgIpc) is 4.14. The summed E-state index contributed by atoms with van der Waals surface area (Å²) < 4.78 is 4.20. The molecule has 280 valence electrons. The molecular weight excluding hydrogens is 715 g/mol. The molecule has 4 fully saturated rings. The van der Waals surface area contributed by atoms with Crippen LogP contribution in [0.25, 0.3) is 11.0 Å². The van der Waals surface area contributed by atoms with Gasteiger partial charge in [-0.2, -0.15) is 0 Å². The standard InChI is InChI=1S/2C22H24ClN3O/c2*23-17-3-5-18(6-4-17)25-11-9-16(10-12-25)22(27)21-20(15-1-2-15)8-7-19-13-24-14-26(19)21/h2*3-8,13-16,22,27H,1-2,9-12H2/t2*22-/m10/s1. The van der Waals surface area contributed by atoms with Crippen molar-refractivity contribution in [1.29, 1.82) is 0 Å². The molecule has 2 atom stereocenters. The van der Waals surface area contributed by atoms with E-state index in [1.165, 1.54) is 48.2 Å². The topological polar surface area (TPSA) is 81.5 Å². The lowest BCUT2D eigenvalue weighted by atomic mass is 9.87. The van der Waals surface area contributed by atoms with Crippen LogP contribution in [0, 0.1) is 11.8 Å². The van der Waals surface area contributed by atoms with Gasteiger partial charge in [0, 0.05) is 47.6 Å². The number of aromatic nitrogens is 4. The summed E-state index contributed by atoms with van der Waals surface area (Å²) in [6.45, 7) is 3.84. The van der Waals surface area contributed by atoms with Crippen molar-refractivity contribution in [2.45, 2.75) is 75.4 Å². The number of hydrogen-bond acceptors (Lipinski definition) is 6. The van der Waals surface area contributed by atoms with Gasteiger partial charge in [0.05, 0.1) is 59.7 Å². The number of halogens is 2. The van der Waals surface area contributed by atoms with Crippen LogP contribution < -0.4 is 9.80 Å². The predicted octanol–water partition coefficient (Wildman–Crippen LogP) is 9.63. The van der Waals surface area contributed by atoms with Crippen LogP contribution in [0.4, 0.5) is 11.4 Å². The molecule has 2 aliphatic heterocycles. The van der Waals surface area contributed by atoms with Gasteiger partial charge >= 0.3 is 0 Å². The third-order valence-corrected chi connectivity index (χ3v) is 12.8. The lowest BCUT2D eigenvalue weighted by Crippen LogP contribution is -2.36. The van der Waals surface area contributed by atoms with Gasteiger partial charge < -0.3 is 28.8 Å². The maximum Gasteiger partial charge on any atom is 0.0995 e. The molecule has 2 saturated carbocycles. The number of nitrogens with zero attached hydrogens (tertiary/aromatic N) is 6. The van der Waals surface area contributed by atoms with Crippen molar-refractivity contribution >= 4 is 45.6 Å². The molecule has 8 nitrogen and oxygen atoms in total. The second-order valence-electron chi connectivity index (χ2n) is 15.8. The van der Waals surface area contributed by atoms with Crippen molar-refractivity contribution in [1.82, 2.24) is 18.8 Å². The highest BCUT2D eigenvalue weighted by molar-refractivity contribution is 6.30. The van der Waals surface area contributed by atoms with E-state index in [1.54, 1.807) is 0 Å². The largest absolute Gasteiger partial charge is 0.387 e. The van der Waals surface area contributed by atoms with E-state index < -0.39 is 12.2 Å². The van der Waals surface area contributed by atoms with Gasteiger partial charge in [0.2, 0.25) is 0 Å². The third-order valence-electron chi connectivity index (χ3n) is 12.3. The van der Waals surface area contributed by atoms with Crippen molar-refractivity contribution < 1.29 is 10.2 Å². The smallest absolute Gasteiger partial charge is 0.0995 e. The van der Waals surface area contributed by atoms with E-state index in [4.69, 9.17) is 23.2 Å². The average molecular weight is 764 g/mol. The van der Waals surface area contributed by atoms with E-state index >= 15 is 0 Å². The first-order valence-electron chi connectivity index (χ1n) is 19.7. The first-order chi connectivity index (χ1) is 26.4. The number of piperidine rings is 2. The van der Waals surface area contributed by atoms with E-state index in [9.17, 15) is 10.2 Å². The number of benzene rings is 2. The van der Waals surface area contributed by atoms with Crippen LogP contribution in [-0.4, -0.2) is 55.2 Å². The molecule has 54 heavy (non-hydrogen) atoms. The highest BCUT2D eigenvalue weighted by atomic mass is 35.5. The highest BCUT2D eigenvalue weighted by Gasteiger charge is 2.35. The number of fused-ring (bicyclic) bond motifs is 2. The first-order valence-corrected chi connectivity index (χ1v) is 20.4. The van der Waals surface area contributed by atoms with Crippen LogP contribution in [0.3, 0.4) is 0 Å². The Morgan fingerprint density at radius 1 is 0.500 bits per heavy atom. The summed E-state index contributed by atoms with van der Waals surface area (Å²) in [4.78, 5) is 13.4.